The van der Waals surface area contributed by atoms with Gasteiger partial charge in [-0.3, -0.25) is 4.79 Å². The van der Waals surface area contributed by atoms with Crippen LogP contribution < -0.4 is 4.74 Å². The van der Waals surface area contributed by atoms with Crippen molar-refractivity contribution in [3.63, 3.8) is 0 Å². The Labute approximate surface area is 160 Å². The number of amides is 1. The van der Waals surface area contributed by atoms with E-state index < -0.39 is 11.6 Å². The first-order chi connectivity index (χ1) is 13.0. The van der Waals surface area contributed by atoms with Crippen LogP contribution in [-0.4, -0.2) is 30.7 Å². The van der Waals surface area contributed by atoms with Crippen molar-refractivity contribution >= 4 is 28.4 Å². The Balaban J connectivity index is 1.61. The summed E-state index contributed by atoms with van der Waals surface area (Å²) < 4.78 is 31.4. The van der Waals surface area contributed by atoms with Crippen molar-refractivity contribution in [1.29, 1.82) is 0 Å². The van der Waals surface area contributed by atoms with E-state index in [9.17, 15) is 13.6 Å². The topological polar surface area (TPSA) is 29.5 Å². The van der Waals surface area contributed by atoms with Gasteiger partial charge in [0.05, 0.1) is 12.9 Å². The average Bonchev–Trinajstić information content (AvgIpc) is 2.68. The number of carbonyl (C=O) groups is 1. The summed E-state index contributed by atoms with van der Waals surface area (Å²) in [7, 11) is 3.36. The van der Waals surface area contributed by atoms with Crippen molar-refractivity contribution in [1.82, 2.24) is 4.90 Å². The van der Waals surface area contributed by atoms with Crippen LogP contribution in [0, 0.1) is 11.6 Å². The molecule has 0 aromatic heterocycles. The third-order valence-electron chi connectivity index (χ3n) is 4.21. The van der Waals surface area contributed by atoms with Gasteiger partial charge in [0.25, 0.3) is 0 Å². The van der Waals surface area contributed by atoms with Gasteiger partial charge >= 0.3 is 0 Å². The lowest BCUT2D eigenvalue weighted by molar-refractivity contribution is -0.127. The molecule has 0 aliphatic carbocycles. The summed E-state index contributed by atoms with van der Waals surface area (Å²) in [4.78, 5) is 14.5. The van der Waals surface area contributed by atoms with Gasteiger partial charge in [0.1, 0.15) is 5.75 Å². The largest absolute Gasteiger partial charge is 0.497 e. The van der Waals surface area contributed by atoms with Crippen LogP contribution in [0.15, 0.2) is 59.5 Å². The molecule has 27 heavy (non-hydrogen) atoms. The summed E-state index contributed by atoms with van der Waals surface area (Å²) >= 11 is 1.19. The summed E-state index contributed by atoms with van der Waals surface area (Å²) in [5, 5.41) is 2.14. The molecule has 0 aliphatic rings. The standard InChI is InChI=1S/C21H19F2NO2S/c1-24(21(25)13-27-18-7-8-19(22)20(23)11-18)12-14-3-4-16-10-17(26-2)6-5-15(16)9-14/h3-11H,12-13H2,1-2H3. The molecule has 0 unspecified atom stereocenters. The SMILES string of the molecule is COc1ccc2cc(CN(C)C(=O)CSc3ccc(F)c(F)c3)ccc2c1. The number of nitrogens with zero attached hydrogens (tertiary/aromatic N) is 1. The van der Waals surface area contributed by atoms with Gasteiger partial charge < -0.3 is 9.64 Å². The van der Waals surface area contributed by atoms with Gasteiger partial charge in [-0.05, 0) is 52.7 Å². The quantitative estimate of drug-likeness (QED) is 0.565. The fourth-order valence-electron chi connectivity index (χ4n) is 2.68. The van der Waals surface area contributed by atoms with Crippen LogP contribution in [0.25, 0.3) is 10.8 Å². The third-order valence-corrected chi connectivity index (χ3v) is 5.19. The molecule has 1 amide bonds. The molecule has 3 aromatic rings. The Hall–Kier alpha value is -2.60. The van der Waals surface area contributed by atoms with E-state index in [2.05, 4.69) is 0 Å². The molecular formula is C21H19F2NO2S. The molecule has 3 rings (SSSR count). The van der Waals surface area contributed by atoms with Gasteiger partial charge in [0, 0.05) is 18.5 Å². The molecule has 0 heterocycles. The normalized spacial score (nSPS) is 10.8. The zero-order chi connectivity index (χ0) is 19.4. The zero-order valence-electron chi connectivity index (χ0n) is 15.0. The Morgan fingerprint density at radius 3 is 2.48 bits per heavy atom. The molecule has 0 N–H and O–H groups in total. The van der Waals surface area contributed by atoms with Crippen LogP contribution in [0.3, 0.4) is 0 Å². The van der Waals surface area contributed by atoms with E-state index in [0.717, 1.165) is 34.2 Å². The molecule has 6 heteroatoms. The molecule has 140 valence electrons. The van der Waals surface area contributed by atoms with Crippen molar-refractivity contribution in [2.75, 3.05) is 19.9 Å². The second-order valence-electron chi connectivity index (χ2n) is 6.16. The third kappa shape index (κ3) is 4.77. The lowest BCUT2D eigenvalue weighted by Gasteiger charge is -2.17. The van der Waals surface area contributed by atoms with Crippen LogP contribution in [0.2, 0.25) is 0 Å². The second kappa shape index (κ2) is 8.39. The molecule has 0 aliphatic heterocycles. The Bertz CT molecular complexity index is 978. The van der Waals surface area contributed by atoms with E-state index >= 15 is 0 Å². The predicted octanol–water partition coefficient (Wildman–Crippen LogP) is 4.88. The van der Waals surface area contributed by atoms with E-state index in [-0.39, 0.29) is 11.7 Å². The molecule has 3 nitrogen and oxygen atoms in total. The van der Waals surface area contributed by atoms with Crippen molar-refractivity contribution < 1.29 is 18.3 Å². The summed E-state index contributed by atoms with van der Waals surface area (Å²) in [6, 6.07) is 15.5. The fraction of sp³-hybridized carbons (Fsp3) is 0.190. The van der Waals surface area contributed by atoms with Crippen molar-refractivity contribution in [3.05, 3.63) is 71.8 Å². The second-order valence-corrected chi connectivity index (χ2v) is 7.21. The summed E-state index contributed by atoms with van der Waals surface area (Å²) in [5.41, 5.74) is 1.02. The highest BCUT2D eigenvalue weighted by atomic mass is 32.2. The minimum Gasteiger partial charge on any atom is -0.497 e. The van der Waals surface area contributed by atoms with E-state index in [1.54, 1.807) is 19.1 Å². The molecule has 0 radical (unpaired) electrons. The number of hydrogen-bond acceptors (Lipinski definition) is 3. The van der Waals surface area contributed by atoms with Gasteiger partial charge in [0.15, 0.2) is 11.6 Å². The maximum atomic E-state index is 13.2. The molecule has 0 atom stereocenters. The fourth-order valence-corrected chi connectivity index (χ4v) is 3.54. The molecular weight excluding hydrogens is 368 g/mol. The molecule has 3 aromatic carbocycles. The molecule has 0 saturated heterocycles. The highest BCUT2D eigenvalue weighted by molar-refractivity contribution is 8.00. The number of hydrogen-bond donors (Lipinski definition) is 0. The van der Waals surface area contributed by atoms with Crippen molar-refractivity contribution in [3.8, 4) is 5.75 Å². The molecule has 0 fully saturated rings. The number of methoxy groups -OCH3 is 1. The first-order valence-corrected chi connectivity index (χ1v) is 9.33. The smallest absolute Gasteiger partial charge is 0.232 e. The number of thioether (sulfide) groups is 1. The number of rotatable bonds is 6. The van der Waals surface area contributed by atoms with E-state index in [1.807, 2.05) is 36.4 Å². The summed E-state index contributed by atoms with van der Waals surface area (Å²) in [6.45, 7) is 0.471. The predicted molar refractivity (Wildman–Crippen MR) is 104 cm³/mol. The molecule has 0 saturated carbocycles. The first kappa shape index (κ1) is 19.2. The zero-order valence-corrected chi connectivity index (χ0v) is 15.9. The number of carbonyl (C=O) groups excluding carboxylic acids is 1. The Morgan fingerprint density at radius 1 is 1.00 bits per heavy atom. The first-order valence-electron chi connectivity index (χ1n) is 8.35. The number of ether oxygens (including phenoxy) is 1. The Kier molecular flexibility index (Phi) is 5.96. The van der Waals surface area contributed by atoms with Crippen molar-refractivity contribution in [2.45, 2.75) is 11.4 Å². The summed E-state index contributed by atoms with van der Waals surface area (Å²) in [6.07, 6.45) is 0. The van der Waals surface area contributed by atoms with E-state index in [1.165, 1.54) is 17.8 Å². The van der Waals surface area contributed by atoms with Crippen LogP contribution >= 0.6 is 11.8 Å². The van der Waals surface area contributed by atoms with Crippen LogP contribution in [0.1, 0.15) is 5.56 Å². The lowest BCUT2D eigenvalue weighted by Crippen LogP contribution is -2.27. The molecule has 0 spiro atoms. The highest BCUT2D eigenvalue weighted by Gasteiger charge is 2.11. The van der Waals surface area contributed by atoms with Gasteiger partial charge in [-0.2, -0.15) is 0 Å². The number of benzene rings is 3. The molecule has 0 bridgehead atoms. The maximum absolute atomic E-state index is 13.2. The monoisotopic (exact) mass is 387 g/mol. The van der Waals surface area contributed by atoms with E-state index in [0.29, 0.717) is 11.4 Å². The minimum absolute atomic E-state index is 0.0837. The minimum atomic E-state index is -0.909. The Morgan fingerprint density at radius 2 is 1.74 bits per heavy atom. The average molecular weight is 387 g/mol. The van der Waals surface area contributed by atoms with Gasteiger partial charge in [-0.25, -0.2) is 8.78 Å². The lowest BCUT2D eigenvalue weighted by atomic mass is 10.1. The maximum Gasteiger partial charge on any atom is 0.232 e. The van der Waals surface area contributed by atoms with Crippen LogP contribution in [-0.2, 0) is 11.3 Å². The number of fused-ring (bicyclic) bond motifs is 1. The summed E-state index contributed by atoms with van der Waals surface area (Å²) in [5.74, 6) is -0.923. The van der Waals surface area contributed by atoms with Crippen LogP contribution in [0.4, 0.5) is 8.78 Å². The van der Waals surface area contributed by atoms with Gasteiger partial charge in [-0.1, -0.05) is 18.2 Å². The van der Waals surface area contributed by atoms with Gasteiger partial charge in [-0.15, -0.1) is 11.8 Å². The van der Waals surface area contributed by atoms with Crippen molar-refractivity contribution in [2.24, 2.45) is 0 Å². The highest BCUT2D eigenvalue weighted by Crippen LogP contribution is 2.23. The number of halogens is 2. The van der Waals surface area contributed by atoms with E-state index in [4.69, 9.17) is 4.74 Å². The van der Waals surface area contributed by atoms with Crippen LogP contribution in [0.5, 0.6) is 5.75 Å². The van der Waals surface area contributed by atoms with Gasteiger partial charge in [0.2, 0.25) is 5.91 Å².